The second kappa shape index (κ2) is 6.14. The van der Waals surface area contributed by atoms with Crippen molar-refractivity contribution in [2.45, 2.75) is 44.9 Å². The Bertz CT molecular complexity index is 708. The summed E-state index contributed by atoms with van der Waals surface area (Å²) in [5.41, 5.74) is 4.53. The fourth-order valence-corrected chi connectivity index (χ4v) is 3.53. The zero-order valence-corrected chi connectivity index (χ0v) is 13.7. The van der Waals surface area contributed by atoms with E-state index in [0.717, 1.165) is 47.8 Å². The Morgan fingerprint density at radius 2 is 2.05 bits per heavy atom. The van der Waals surface area contributed by atoms with Crippen LogP contribution in [0.25, 0.3) is 0 Å². The van der Waals surface area contributed by atoms with Crippen LogP contribution in [0.2, 0.25) is 0 Å². The molecule has 1 aliphatic carbocycles. The van der Waals surface area contributed by atoms with Crippen LogP contribution in [0.15, 0.2) is 33.5 Å². The predicted molar refractivity (Wildman–Crippen MR) is 87.8 cm³/mol. The van der Waals surface area contributed by atoms with Gasteiger partial charge in [-0.1, -0.05) is 35.0 Å². The van der Waals surface area contributed by atoms with Crippen molar-refractivity contribution >= 4 is 15.9 Å². The molecule has 1 aromatic heterocycles. The molecule has 0 bridgehead atoms. The molecule has 0 saturated carbocycles. The van der Waals surface area contributed by atoms with E-state index in [9.17, 15) is 4.79 Å². The van der Waals surface area contributed by atoms with Gasteiger partial charge < -0.3 is 0 Å². The number of nitrogens with zero attached hydrogens (tertiary/aromatic N) is 1. The van der Waals surface area contributed by atoms with E-state index in [4.69, 9.17) is 0 Å². The van der Waals surface area contributed by atoms with Crippen LogP contribution >= 0.6 is 15.9 Å². The molecule has 21 heavy (non-hydrogen) atoms. The first-order chi connectivity index (χ1) is 10.1. The Morgan fingerprint density at radius 1 is 1.29 bits per heavy atom. The number of rotatable bonds is 3. The van der Waals surface area contributed by atoms with Gasteiger partial charge in [0.15, 0.2) is 0 Å². The Labute approximate surface area is 132 Å². The van der Waals surface area contributed by atoms with E-state index in [1.165, 1.54) is 11.1 Å². The number of hydrogen-bond acceptors (Lipinski definition) is 2. The number of H-pyrrole nitrogens is 1. The molecule has 0 radical (unpaired) electrons. The van der Waals surface area contributed by atoms with Crippen LogP contribution < -0.4 is 5.56 Å². The number of fused-ring (bicyclic) bond motifs is 1. The van der Waals surface area contributed by atoms with Gasteiger partial charge in [-0.25, -0.2) is 5.10 Å². The number of aromatic nitrogens is 2. The van der Waals surface area contributed by atoms with Crippen LogP contribution in [0, 0.1) is 0 Å². The van der Waals surface area contributed by atoms with Crippen LogP contribution in [0.4, 0.5) is 0 Å². The lowest BCUT2D eigenvalue weighted by Crippen LogP contribution is -2.23. The van der Waals surface area contributed by atoms with Crippen molar-refractivity contribution in [2.24, 2.45) is 0 Å². The summed E-state index contributed by atoms with van der Waals surface area (Å²) >= 11 is 3.52. The first-order valence-corrected chi connectivity index (χ1v) is 8.29. The molecule has 1 N–H and O–H groups in total. The molecule has 0 spiro atoms. The van der Waals surface area contributed by atoms with E-state index < -0.39 is 0 Å². The summed E-state index contributed by atoms with van der Waals surface area (Å²) in [6.45, 7) is 2.21. The minimum absolute atomic E-state index is 0.00330. The molecule has 110 valence electrons. The molecule has 0 aliphatic heterocycles. The summed E-state index contributed by atoms with van der Waals surface area (Å²) in [5.74, 6) is 0.381. The molecule has 2 aromatic rings. The van der Waals surface area contributed by atoms with Crippen molar-refractivity contribution in [3.8, 4) is 0 Å². The summed E-state index contributed by atoms with van der Waals surface area (Å²) in [6.07, 6.45) is 5.03. The quantitative estimate of drug-likeness (QED) is 0.919. The third-order valence-electron chi connectivity index (χ3n) is 4.30. The van der Waals surface area contributed by atoms with E-state index >= 15 is 0 Å². The van der Waals surface area contributed by atoms with E-state index in [1.807, 2.05) is 6.07 Å². The molecule has 0 fully saturated rings. The topological polar surface area (TPSA) is 45.8 Å². The van der Waals surface area contributed by atoms with Crippen molar-refractivity contribution in [3.63, 3.8) is 0 Å². The summed E-state index contributed by atoms with van der Waals surface area (Å²) < 4.78 is 1.10. The van der Waals surface area contributed by atoms with E-state index in [1.54, 1.807) is 0 Å². The summed E-state index contributed by atoms with van der Waals surface area (Å²) in [4.78, 5) is 11.9. The third-order valence-corrected chi connectivity index (χ3v) is 4.79. The highest BCUT2D eigenvalue weighted by atomic mass is 79.9. The van der Waals surface area contributed by atoms with Crippen molar-refractivity contribution in [1.29, 1.82) is 0 Å². The largest absolute Gasteiger partial charge is 0.268 e. The minimum atomic E-state index is 0.00330. The van der Waals surface area contributed by atoms with Gasteiger partial charge in [0.25, 0.3) is 5.56 Å². The molecule has 3 rings (SSSR count). The molecular formula is C17H19BrN2O. The summed E-state index contributed by atoms with van der Waals surface area (Å²) in [7, 11) is 0. The Hall–Kier alpha value is -1.42. The van der Waals surface area contributed by atoms with Gasteiger partial charge in [-0.2, -0.15) is 5.10 Å². The molecule has 0 saturated heterocycles. The van der Waals surface area contributed by atoms with Gasteiger partial charge in [0, 0.05) is 10.0 Å². The van der Waals surface area contributed by atoms with Gasteiger partial charge in [-0.3, -0.25) is 4.79 Å². The van der Waals surface area contributed by atoms with Crippen LogP contribution in [0.3, 0.4) is 0 Å². The molecule has 3 nitrogen and oxygen atoms in total. The number of aromatic amines is 1. The van der Waals surface area contributed by atoms with Crippen LogP contribution in [-0.2, 0) is 19.3 Å². The van der Waals surface area contributed by atoms with Gasteiger partial charge in [0.2, 0.25) is 0 Å². The van der Waals surface area contributed by atoms with Crippen LogP contribution in [0.1, 0.15) is 48.1 Å². The monoisotopic (exact) mass is 346 g/mol. The number of halogens is 1. The Morgan fingerprint density at radius 3 is 2.81 bits per heavy atom. The maximum atomic E-state index is 11.9. The summed E-state index contributed by atoms with van der Waals surface area (Å²) in [6, 6.07) is 8.40. The predicted octanol–water partition coefficient (Wildman–Crippen LogP) is 3.76. The zero-order chi connectivity index (χ0) is 14.8. The first-order valence-electron chi connectivity index (χ1n) is 7.50. The molecule has 0 amide bonds. The SMILES string of the molecule is CC(Cc1n[nH]c(=O)c2c1CCCC2)c1cccc(Br)c1. The maximum Gasteiger partial charge on any atom is 0.267 e. The number of hydrogen-bond donors (Lipinski definition) is 1. The average molecular weight is 347 g/mol. The fraction of sp³-hybridized carbons (Fsp3) is 0.412. The average Bonchev–Trinajstić information content (AvgIpc) is 2.50. The second-order valence-corrected chi connectivity index (χ2v) is 6.74. The summed E-state index contributed by atoms with van der Waals surface area (Å²) in [5, 5.41) is 7.01. The molecule has 1 unspecified atom stereocenters. The normalized spacial score (nSPS) is 15.5. The third kappa shape index (κ3) is 3.10. The van der Waals surface area contributed by atoms with E-state index in [0.29, 0.717) is 5.92 Å². The molecule has 1 atom stereocenters. The Kier molecular flexibility index (Phi) is 4.24. The standard InChI is InChI=1S/C17H19BrN2O/c1-11(12-5-4-6-13(18)10-12)9-16-14-7-2-3-8-15(14)17(21)20-19-16/h4-6,10-11H,2-3,7-9H2,1H3,(H,20,21). The van der Waals surface area contributed by atoms with Crippen molar-refractivity contribution < 1.29 is 0 Å². The van der Waals surface area contributed by atoms with Gasteiger partial charge in [0.05, 0.1) is 5.69 Å². The lowest BCUT2D eigenvalue weighted by molar-refractivity contribution is 0.634. The molecule has 1 heterocycles. The van der Waals surface area contributed by atoms with Crippen molar-refractivity contribution in [1.82, 2.24) is 10.2 Å². The lowest BCUT2D eigenvalue weighted by atomic mass is 9.88. The van der Waals surface area contributed by atoms with E-state index in [2.05, 4.69) is 51.3 Å². The zero-order valence-electron chi connectivity index (χ0n) is 12.2. The van der Waals surface area contributed by atoms with Gasteiger partial charge >= 0.3 is 0 Å². The molecule has 1 aliphatic rings. The van der Waals surface area contributed by atoms with Crippen LogP contribution in [-0.4, -0.2) is 10.2 Å². The first kappa shape index (κ1) is 14.5. The number of benzene rings is 1. The highest BCUT2D eigenvalue weighted by Gasteiger charge is 2.19. The van der Waals surface area contributed by atoms with Crippen molar-refractivity contribution in [3.05, 3.63) is 61.5 Å². The molecular weight excluding hydrogens is 328 g/mol. The van der Waals surface area contributed by atoms with Gasteiger partial charge in [-0.15, -0.1) is 0 Å². The molecule has 4 heteroatoms. The van der Waals surface area contributed by atoms with Gasteiger partial charge in [-0.05, 0) is 61.3 Å². The van der Waals surface area contributed by atoms with Gasteiger partial charge in [0.1, 0.15) is 0 Å². The minimum Gasteiger partial charge on any atom is -0.268 e. The van der Waals surface area contributed by atoms with Crippen molar-refractivity contribution in [2.75, 3.05) is 0 Å². The van der Waals surface area contributed by atoms with E-state index in [-0.39, 0.29) is 5.56 Å². The smallest absolute Gasteiger partial charge is 0.267 e. The number of nitrogens with one attached hydrogen (secondary N) is 1. The highest BCUT2D eigenvalue weighted by molar-refractivity contribution is 9.10. The van der Waals surface area contributed by atoms with Crippen LogP contribution in [0.5, 0.6) is 0 Å². The highest BCUT2D eigenvalue weighted by Crippen LogP contribution is 2.26. The Balaban J connectivity index is 1.90. The molecule has 1 aromatic carbocycles. The fourth-order valence-electron chi connectivity index (χ4n) is 3.12. The second-order valence-electron chi connectivity index (χ2n) is 5.82. The maximum absolute atomic E-state index is 11.9. The lowest BCUT2D eigenvalue weighted by Gasteiger charge is -2.19.